The van der Waals surface area contributed by atoms with E-state index in [1.165, 1.54) is 4.90 Å². The lowest BCUT2D eigenvalue weighted by atomic mass is 10.1. The molecule has 0 atom stereocenters. The van der Waals surface area contributed by atoms with Gasteiger partial charge in [0.15, 0.2) is 0 Å². The maximum atomic E-state index is 10.5. The first-order valence-electron chi connectivity index (χ1n) is 6.44. The molecular formula is C17H16O3S. The summed E-state index contributed by atoms with van der Waals surface area (Å²) in [6, 6.07) is 15.5. The highest BCUT2D eigenvalue weighted by Crippen LogP contribution is 2.20. The van der Waals surface area contributed by atoms with E-state index in [2.05, 4.69) is 0 Å². The summed E-state index contributed by atoms with van der Waals surface area (Å²) >= 11 is 1.69. The van der Waals surface area contributed by atoms with Crippen LogP contribution in [-0.4, -0.2) is 17.3 Å². The molecule has 3 nitrogen and oxygen atoms in total. The van der Waals surface area contributed by atoms with Crippen LogP contribution in [-0.2, 0) is 11.4 Å². The molecule has 0 aromatic heterocycles. The van der Waals surface area contributed by atoms with Crippen molar-refractivity contribution in [3.63, 3.8) is 0 Å². The van der Waals surface area contributed by atoms with Gasteiger partial charge in [-0.3, -0.25) is 0 Å². The predicted octanol–water partition coefficient (Wildman–Crippen LogP) is 4.09. The number of benzene rings is 2. The Labute approximate surface area is 128 Å². The fraction of sp³-hybridized carbons (Fsp3) is 0.118. The van der Waals surface area contributed by atoms with Gasteiger partial charge in [0.1, 0.15) is 12.4 Å². The van der Waals surface area contributed by atoms with Crippen molar-refractivity contribution in [2.45, 2.75) is 11.5 Å². The van der Waals surface area contributed by atoms with Crippen molar-refractivity contribution in [2.75, 3.05) is 6.26 Å². The summed E-state index contributed by atoms with van der Waals surface area (Å²) in [5.41, 5.74) is 1.84. The smallest absolute Gasteiger partial charge is 0.328 e. The lowest BCUT2D eigenvalue weighted by Gasteiger charge is -2.07. The van der Waals surface area contributed by atoms with E-state index in [0.717, 1.165) is 23.0 Å². The van der Waals surface area contributed by atoms with Crippen LogP contribution in [0.5, 0.6) is 5.75 Å². The Balaban J connectivity index is 1.99. The molecule has 0 aliphatic carbocycles. The fourth-order valence-corrected chi connectivity index (χ4v) is 2.20. The van der Waals surface area contributed by atoms with E-state index in [1.807, 2.05) is 54.8 Å². The minimum absolute atomic E-state index is 0.452. The molecule has 0 unspecified atom stereocenters. The molecule has 0 heterocycles. The van der Waals surface area contributed by atoms with Gasteiger partial charge in [-0.2, -0.15) is 0 Å². The molecule has 2 aromatic rings. The van der Waals surface area contributed by atoms with Crippen LogP contribution in [0.3, 0.4) is 0 Å². The maximum Gasteiger partial charge on any atom is 0.328 e. The minimum atomic E-state index is -0.953. The zero-order valence-corrected chi connectivity index (χ0v) is 12.5. The topological polar surface area (TPSA) is 46.5 Å². The van der Waals surface area contributed by atoms with Crippen LogP contribution in [0.25, 0.3) is 6.08 Å². The van der Waals surface area contributed by atoms with E-state index in [-0.39, 0.29) is 0 Å². The standard InChI is InChI=1S/C17H16O3S/c1-21-16-8-6-15(7-9-16)20-12-14-4-2-3-13(11-14)5-10-17(18)19/h2-11H,12H2,1H3,(H,18,19). The van der Waals surface area contributed by atoms with E-state index in [4.69, 9.17) is 9.84 Å². The van der Waals surface area contributed by atoms with Crippen LogP contribution in [0.1, 0.15) is 11.1 Å². The van der Waals surface area contributed by atoms with Crippen molar-refractivity contribution >= 4 is 23.8 Å². The average Bonchev–Trinajstić information content (AvgIpc) is 2.52. The Kier molecular flexibility index (Phi) is 5.46. The lowest BCUT2D eigenvalue weighted by molar-refractivity contribution is -0.131. The first kappa shape index (κ1) is 15.2. The number of rotatable bonds is 6. The van der Waals surface area contributed by atoms with Gasteiger partial charge < -0.3 is 9.84 Å². The molecule has 4 heteroatoms. The summed E-state index contributed by atoms with van der Waals surface area (Å²) < 4.78 is 5.72. The molecule has 0 fully saturated rings. The normalized spacial score (nSPS) is 10.7. The highest BCUT2D eigenvalue weighted by atomic mass is 32.2. The van der Waals surface area contributed by atoms with Crippen LogP contribution in [0.2, 0.25) is 0 Å². The molecule has 0 radical (unpaired) electrons. The Hall–Kier alpha value is -2.20. The van der Waals surface area contributed by atoms with E-state index in [1.54, 1.807) is 17.8 Å². The Morgan fingerprint density at radius 3 is 2.67 bits per heavy atom. The summed E-state index contributed by atoms with van der Waals surface area (Å²) in [5.74, 6) is -0.134. The number of carboxylic acid groups (broad SMARTS) is 1. The van der Waals surface area contributed by atoms with Gasteiger partial charge in [0.05, 0.1) is 0 Å². The molecule has 2 rings (SSSR count). The molecular weight excluding hydrogens is 284 g/mol. The third kappa shape index (κ3) is 5.00. The third-order valence-electron chi connectivity index (χ3n) is 2.83. The molecule has 2 aromatic carbocycles. The molecule has 0 aliphatic heterocycles. The molecule has 0 saturated heterocycles. The summed E-state index contributed by atoms with van der Waals surface area (Å²) in [6.07, 6.45) is 4.73. The number of aliphatic carboxylic acids is 1. The van der Waals surface area contributed by atoms with Crippen LogP contribution in [0, 0.1) is 0 Å². The number of hydrogen-bond donors (Lipinski definition) is 1. The monoisotopic (exact) mass is 300 g/mol. The van der Waals surface area contributed by atoms with Gasteiger partial charge in [-0.1, -0.05) is 18.2 Å². The largest absolute Gasteiger partial charge is 0.489 e. The molecule has 0 saturated carbocycles. The lowest BCUT2D eigenvalue weighted by Crippen LogP contribution is -1.95. The van der Waals surface area contributed by atoms with E-state index < -0.39 is 5.97 Å². The summed E-state index contributed by atoms with van der Waals surface area (Å²) in [5, 5.41) is 8.63. The van der Waals surface area contributed by atoms with Crippen LogP contribution < -0.4 is 4.74 Å². The van der Waals surface area contributed by atoms with Crippen molar-refractivity contribution in [1.29, 1.82) is 0 Å². The first-order valence-corrected chi connectivity index (χ1v) is 7.66. The number of ether oxygens (including phenoxy) is 1. The average molecular weight is 300 g/mol. The van der Waals surface area contributed by atoms with E-state index in [0.29, 0.717) is 6.61 Å². The second-order valence-corrected chi connectivity index (χ2v) is 5.26. The molecule has 108 valence electrons. The van der Waals surface area contributed by atoms with Crippen molar-refractivity contribution in [2.24, 2.45) is 0 Å². The van der Waals surface area contributed by atoms with E-state index >= 15 is 0 Å². The highest BCUT2D eigenvalue weighted by molar-refractivity contribution is 7.98. The quantitative estimate of drug-likeness (QED) is 0.645. The molecule has 21 heavy (non-hydrogen) atoms. The van der Waals surface area contributed by atoms with Gasteiger partial charge in [-0.25, -0.2) is 4.79 Å². The summed E-state index contributed by atoms with van der Waals surface area (Å²) in [4.78, 5) is 11.7. The SMILES string of the molecule is CSc1ccc(OCc2cccc(C=CC(=O)O)c2)cc1. The second-order valence-electron chi connectivity index (χ2n) is 4.38. The number of hydrogen-bond acceptors (Lipinski definition) is 3. The van der Waals surface area contributed by atoms with Crippen LogP contribution >= 0.6 is 11.8 Å². The molecule has 0 aliphatic rings. The van der Waals surface area contributed by atoms with Gasteiger partial charge in [0, 0.05) is 11.0 Å². The number of carboxylic acids is 1. The third-order valence-corrected chi connectivity index (χ3v) is 3.58. The van der Waals surface area contributed by atoms with E-state index in [9.17, 15) is 4.79 Å². The minimum Gasteiger partial charge on any atom is -0.489 e. The van der Waals surface area contributed by atoms with Crippen LogP contribution in [0.4, 0.5) is 0 Å². The fourth-order valence-electron chi connectivity index (χ4n) is 1.79. The molecule has 0 bridgehead atoms. The Morgan fingerprint density at radius 2 is 2.00 bits per heavy atom. The van der Waals surface area contributed by atoms with Gasteiger partial charge in [-0.05, 0) is 53.8 Å². The highest BCUT2D eigenvalue weighted by Gasteiger charge is 1.98. The summed E-state index contributed by atoms with van der Waals surface area (Å²) in [6.45, 7) is 0.452. The van der Waals surface area contributed by atoms with Gasteiger partial charge in [0.25, 0.3) is 0 Å². The van der Waals surface area contributed by atoms with Crippen molar-refractivity contribution < 1.29 is 14.6 Å². The molecule has 0 amide bonds. The Morgan fingerprint density at radius 1 is 1.24 bits per heavy atom. The molecule has 0 spiro atoms. The zero-order chi connectivity index (χ0) is 15.1. The van der Waals surface area contributed by atoms with Crippen molar-refractivity contribution in [3.8, 4) is 5.75 Å². The summed E-state index contributed by atoms with van der Waals surface area (Å²) in [7, 11) is 0. The second kappa shape index (κ2) is 7.55. The predicted molar refractivity (Wildman–Crippen MR) is 85.7 cm³/mol. The van der Waals surface area contributed by atoms with Crippen molar-refractivity contribution in [1.82, 2.24) is 0 Å². The van der Waals surface area contributed by atoms with Gasteiger partial charge in [0.2, 0.25) is 0 Å². The van der Waals surface area contributed by atoms with Gasteiger partial charge in [-0.15, -0.1) is 11.8 Å². The maximum absolute atomic E-state index is 10.5. The Bertz CT molecular complexity index is 633. The van der Waals surface area contributed by atoms with Crippen LogP contribution in [0.15, 0.2) is 59.5 Å². The zero-order valence-electron chi connectivity index (χ0n) is 11.7. The van der Waals surface area contributed by atoms with Gasteiger partial charge >= 0.3 is 5.97 Å². The number of carbonyl (C=O) groups is 1. The first-order chi connectivity index (χ1) is 10.2. The number of thioether (sulfide) groups is 1. The molecule has 1 N–H and O–H groups in total. The van der Waals surface area contributed by atoms with Crippen molar-refractivity contribution in [3.05, 3.63) is 65.7 Å².